The van der Waals surface area contributed by atoms with E-state index in [1.165, 1.54) is 11.8 Å². The topological polar surface area (TPSA) is 97.8 Å². The number of benzene rings is 1. The Balaban J connectivity index is 1.71. The van der Waals surface area contributed by atoms with Crippen LogP contribution in [0.4, 0.5) is 16.3 Å². The zero-order valence-corrected chi connectivity index (χ0v) is 16.8. The first-order valence-corrected chi connectivity index (χ1v) is 9.94. The van der Waals surface area contributed by atoms with Gasteiger partial charge in [-0.15, -0.1) is 0 Å². The van der Waals surface area contributed by atoms with Crippen LogP contribution in [0, 0.1) is 0 Å². The molecule has 2 aromatic rings. The van der Waals surface area contributed by atoms with Crippen molar-refractivity contribution in [3.05, 3.63) is 30.0 Å². The number of hydrogen-bond acceptors (Lipinski definition) is 9. The molecule has 0 atom stereocenters. The van der Waals surface area contributed by atoms with Gasteiger partial charge in [0.25, 0.3) is 0 Å². The fourth-order valence-corrected chi connectivity index (χ4v) is 2.81. The summed E-state index contributed by atoms with van der Waals surface area (Å²) in [6.45, 7) is 1.84. The Morgan fingerprint density at radius 2 is 1.93 bits per heavy atom. The molecule has 1 amide bonds. The number of carbonyl (C=O) groups excluding carboxylic acids is 1. The van der Waals surface area contributed by atoms with Crippen LogP contribution in [0.3, 0.4) is 0 Å². The lowest BCUT2D eigenvalue weighted by molar-refractivity contribution is 0.0977. The summed E-state index contributed by atoms with van der Waals surface area (Å²) < 4.78 is 10.6. The number of methoxy groups -OCH3 is 2. The van der Waals surface area contributed by atoms with E-state index in [0.717, 1.165) is 17.7 Å². The number of nitrogens with one attached hydrogen (secondary N) is 2. The minimum absolute atomic E-state index is 0.410. The van der Waals surface area contributed by atoms with E-state index >= 15 is 0 Å². The largest absolute Gasteiger partial charge is 0.497 e. The van der Waals surface area contributed by atoms with Crippen LogP contribution in [-0.2, 0) is 11.4 Å². The second-order valence-corrected chi connectivity index (χ2v) is 6.77. The summed E-state index contributed by atoms with van der Waals surface area (Å²) in [5.74, 6) is 1.80. The van der Waals surface area contributed by atoms with Gasteiger partial charge in [-0.1, -0.05) is 11.8 Å². The van der Waals surface area contributed by atoms with Crippen LogP contribution >= 0.6 is 11.8 Å². The van der Waals surface area contributed by atoms with Crippen LogP contribution < -0.4 is 20.3 Å². The highest BCUT2D eigenvalue weighted by Crippen LogP contribution is 2.27. The summed E-state index contributed by atoms with van der Waals surface area (Å²) in [7, 11) is 3.20. The van der Waals surface area contributed by atoms with Crippen molar-refractivity contribution in [2.24, 2.45) is 0 Å². The van der Waals surface area contributed by atoms with Gasteiger partial charge >= 0.3 is 6.09 Å². The molecule has 1 aliphatic rings. The van der Waals surface area contributed by atoms with Gasteiger partial charge < -0.3 is 24.5 Å². The Bertz CT molecular complexity index is 809. The second kappa shape index (κ2) is 9.36. The molecule has 3 rings (SSSR count). The molecule has 9 nitrogen and oxygen atoms in total. The van der Waals surface area contributed by atoms with E-state index in [1.807, 2.05) is 18.4 Å². The fourth-order valence-electron chi connectivity index (χ4n) is 2.47. The number of rotatable bonds is 8. The molecule has 0 saturated carbocycles. The Hall–Kier alpha value is -2.88. The molecule has 2 heterocycles. The minimum atomic E-state index is -0.410. The lowest BCUT2D eigenvalue weighted by Gasteiger charge is -2.29. The maximum atomic E-state index is 11.9. The summed E-state index contributed by atoms with van der Waals surface area (Å²) in [5, 5.41) is 3.86. The van der Waals surface area contributed by atoms with Crippen LogP contribution in [0.2, 0.25) is 0 Å². The third-order valence-electron chi connectivity index (χ3n) is 4.21. The van der Waals surface area contributed by atoms with E-state index in [9.17, 15) is 4.79 Å². The first kappa shape index (κ1) is 19.9. The zero-order valence-electron chi connectivity index (χ0n) is 16.0. The second-order valence-electron chi connectivity index (χ2n) is 6.00. The molecule has 1 aromatic heterocycles. The average Bonchev–Trinajstić information content (AvgIpc) is 2.69. The van der Waals surface area contributed by atoms with Gasteiger partial charge in [0.2, 0.25) is 0 Å². The van der Waals surface area contributed by atoms with Crippen LogP contribution in [0.1, 0.15) is 12.0 Å². The van der Waals surface area contributed by atoms with Crippen molar-refractivity contribution in [1.82, 2.24) is 14.9 Å². The van der Waals surface area contributed by atoms with E-state index in [-0.39, 0.29) is 0 Å². The molecular weight excluding hydrogens is 382 g/mol. The third-order valence-corrected chi connectivity index (χ3v) is 4.77. The first-order valence-electron chi connectivity index (χ1n) is 8.71. The molecule has 0 bridgehead atoms. The molecule has 1 saturated heterocycles. The smallest absolute Gasteiger partial charge is 0.434 e. The summed E-state index contributed by atoms with van der Waals surface area (Å²) in [5.41, 5.74) is 4.23. The van der Waals surface area contributed by atoms with Gasteiger partial charge in [-0.25, -0.2) is 14.8 Å². The number of likely N-dealkylation sites (tertiary alicyclic amines) is 1. The molecule has 10 heteroatoms. The Morgan fingerprint density at radius 1 is 1.21 bits per heavy atom. The molecule has 0 aliphatic carbocycles. The highest BCUT2D eigenvalue weighted by Gasteiger charge is 2.22. The van der Waals surface area contributed by atoms with Crippen LogP contribution in [0.25, 0.3) is 0 Å². The molecule has 0 spiro atoms. The lowest BCUT2D eigenvalue weighted by Crippen LogP contribution is -2.43. The Kier molecular flexibility index (Phi) is 6.64. The van der Waals surface area contributed by atoms with Crippen LogP contribution in [-0.4, -0.2) is 54.5 Å². The number of anilines is 2. The number of thioether (sulfide) groups is 1. The van der Waals surface area contributed by atoms with Crippen molar-refractivity contribution in [3.8, 4) is 11.5 Å². The number of nitrogens with zero attached hydrogens (tertiary/aromatic N) is 3. The SMILES string of the molecule is COc1cc(NCc2cnc(SC)nc2NOC(=O)N2CCC2)cc(OC)c1. The highest BCUT2D eigenvalue weighted by molar-refractivity contribution is 7.98. The number of aromatic nitrogens is 2. The quantitative estimate of drug-likeness (QED) is 0.390. The Morgan fingerprint density at radius 3 is 2.50 bits per heavy atom. The van der Waals surface area contributed by atoms with Crippen molar-refractivity contribution >= 4 is 29.4 Å². The predicted octanol–water partition coefficient (Wildman–Crippen LogP) is 3.00. The molecule has 1 aromatic carbocycles. The van der Waals surface area contributed by atoms with Gasteiger partial charge in [-0.05, 0) is 12.7 Å². The van der Waals surface area contributed by atoms with Gasteiger partial charge in [0.1, 0.15) is 11.5 Å². The van der Waals surface area contributed by atoms with E-state index in [2.05, 4.69) is 20.8 Å². The maximum absolute atomic E-state index is 11.9. The Labute approximate surface area is 167 Å². The molecule has 28 heavy (non-hydrogen) atoms. The highest BCUT2D eigenvalue weighted by atomic mass is 32.2. The number of ether oxygens (including phenoxy) is 2. The van der Waals surface area contributed by atoms with E-state index in [4.69, 9.17) is 14.3 Å². The lowest BCUT2D eigenvalue weighted by atomic mass is 10.2. The van der Waals surface area contributed by atoms with Crippen molar-refractivity contribution in [3.63, 3.8) is 0 Å². The van der Waals surface area contributed by atoms with Gasteiger partial charge in [0.15, 0.2) is 11.0 Å². The standard InChI is InChI=1S/C18H23N5O4S/c1-25-14-7-13(8-15(9-14)26-2)19-10-12-11-20-17(28-3)21-16(12)22-27-18(24)23-5-4-6-23/h7-9,11,19H,4-6,10H2,1-3H3,(H,20,21,22). The summed E-state index contributed by atoms with van der Waals surface area (Å²) in [6.07, 6.45) is 4.17. The molecular formula is C18H23N5O4S. The number of carbonyl (C=O) groups is 1. The molecule has 0 radical (unpaired) electrons. The molecule has 0 unspecified atom stereocenters. The van der Waals surface area contributed by atoms with E-state index in [0.29, 0.717) is 42.1 Å². The zero-order chi connectivity index (χ0) is 19.9. The summed E-state index contributed by atoms with van der Waals surface area (Å²) in [4.78, 5) is 27.4. The van der Waals surface area contributed by atoms with Crippen molar-refractivity contribution in [1.29, 1.82) is 0 Å². The van der Waals surface area contributed by atoms with Crippen molar-refractivity contribution in [2.45, 2.75) is 18.1 Å². The molecule has 2 N–H and O–H groups in total. The number of hydrogen-bond donors (Lipinski definition) is 2. The van der Waals surface area contributed by atoms with E-state index < -0.39 is 6.09 Å². The van der Waals surface area contributed by atoms with Gasteiger partial charge in [-0.3, -0.25) is 0 Å². The summed E-state index contributed by atoms with van der Waals surface area (Å²) >= 11 is 1.41. The normalized spacial score (nSPS) is 12.8. The maximum Gasteiger partial charge on any atom is 0.434 e. The average molecular weight is 405 g/mol. The van der Waals surface area contributed by atoms with Crippen LogP contribution in [0.5, 0.6) is 11.5 Å². The van der Waals surface area contributed by atoms with E-state index in [1.54, 1.807) is 31.4 Å². The predicted molar refractivity (Wildman–Crippen MR) is 107 cm³/mol. The minimum Gasteiger partial charge on any atom is -0.497 e. The van der Waals surface area contributed by atoms with Gasteiger partial charge in [0, 0.05) is 55.3 Å². The first-order chi connectivity index (χ1) is 13.6. The molecule has 1 fully saturated rings. The monoisotopic (exact) mass is 405 g/mol. The van der Waals surface area contributed by atoms with Crippen molar-refractivity contribution in [2.75, 3.05) is 44.4 Å². The third kappa shape index (κ3) is 4.89. The summed E-state index contributed by atoms with van der Waals surface area (Å²) in [6, 6.07) is 5.51. The number of amides is 1. The van der Waals surface area contributed by atoms with Gasteiger partial charge in [-0.2, -0.15) is 5.48 Å². The van der Waals surface area contributed by atoms with Crippen molar-refractivity contribution < 1.29 is 19.1 Å². The molecule has 1 aliphatic heterocycles. The van der Waals surface area contributed by atoms with Gasteiger partial charge in [0.05, 0.1) is 14.2 Å². The fraction of sp³-hybridized carbons (Fsp3) is 0.389. The molecule has 150 valence electrons. The van der Waals surface area contributed by atoms with Crippen LogP contribution in [0.15, 0.2) is 29.6 Å².